The standard InChI is InChI=1S/C27H31BrN6O2/c1-33-11-9-29-26(35)24-4-3-10-34(24)16-18-12-21(28)15-22(13-18)31-27-30-8-7-23(32-27)19-5-6-25(36-2)20(14-19)17-33/h5-8,12-15,24H,3-4,9-11,16-17H2,1-2H3,(H,29,35)(H,30,31,32)/t24-/m0/s1. The SMILES string of the molecule is COc1ccc2cc1CN(C)CCNC(=O)[C@@H]1CCCN1Cc1cc(Br)cc(c1)Nc1nccc-2n1. The van der Waals surface area contributed by atoms with Crippen molar-refractivity contribution in [1.29, 1.82) is 0 Å². The molecule has 5 rings (SSSR count). The summed E-state index contributed by atoms with van der Waals surface area (Å²) in [4.78, 5) is 26.8. The largest absolute Gasteiger partial charge is 0.496 e. The summed E-state index contributed by atoms with van der Waals surface area (Å²) < 4.78 is 6.59. The lowest BCUT2D eigenvalue weighted by molar-refractivity contribution is -0.125. The molecule has 0 radical (unpaired) electrons. The summed E-state index contributed by atoms with van der Waals surface area (Å²) in [6.45, 7) is 3.65. The van der Waals surface area contributed by atoms with Crippen LogP contribution in [0.3, 0.4) is 0 Å². The Morgan fingerprint density at radius 1 is 1.11 bits per heavy atom. The molecule has 2 aliphatic heterocycles. The number of nitrogens with one attached hydrogen (secondary N) is 2. The van der Waals surface area contributed by atoms with Crippen molar-refractivity contribution in [2.24, 2.45) is 0 Å². The normalized spacial score (nSPS) is 19.3. The van der Waals surface area contributed by atoms with Crippen molar-refractivity contribution in [3.8, 4) is 17.0 Å². The quantitative estimate of drug-likeness (QED) is 0.470. The number of halogens is 1. The molecule has 0 spiro atoms. The fourth-order valence-electron chi connectivity index (χ4n) is 4.99. The Morgan fingerprint density at radius 2 is 2.00 bits per heavy atom. The predicted molar refractivity (Wildman–Crippen MR) is 144 cm³/mol. The lowest BCUT2D eigenvalue weighted by Gasteiger charge is -2.25. The van der Waals surface area contributed by atoms with Gasteiger partial charge in [0.05, 0.1) is 18.8 Å². The summed E-state index contributed by atoms with van der Waals surface area (Å²) in [6, 6.07) is 14.1. The molecule has 2 aliphatic rings. The third-order valence-corrected chi connectivity index (χ3v) is 7.19. The summed E-state index contributed by atoms with van der Waals surface area (Å²) in [5.41, 5.74) is 4.91. The van der Waals surface area contributed by atoms with Crippen molar-refractivity contribution in [2.75, 3.05) is 39.1 Å². The number of anilines is 2. The minimum atomic E-state index is -0.107. The highest BCUT2D eigenvalue weighted by atomic mass is 79.9. The average Bonchev–Trinajstić information content (AvgIpc) is 3.31. The van der Waals surface area contributed by atoms with E-state index in [2.05, 4.69) is 66.6 Å². The first-order valence-corrected chi connectivity index (χ1v) is 13.0. The van der Waals surface area contributed by atoms with Crippen LogP contribution in [0.1, 0.15) is 24.0 Å². The zero-order chi connectivity index (χ0) is 25.1. The first-order chi connectivity index (χ1) is 17.5. The molecule has 1 amide bonds. The Hall–Kier alpha value is -3.01. The molecule has 9 heteroatoms. The van der Waals surface area contributed by atoms with Crippen LogP contribution in [-0.4, -0.2) is 65.5 Å². The van der Waals surface area contributed by atoms with Crippen molar-refractivity contribution in [3.05, 3.63) is 64.3 Å². The fraction of sp³-hybridized carbons (Fsp3) is 0.370. The third-order valence-electron chi connectivity index (χ3n) is 6.73. The molecule has 0 aliphatic carbocycles. The maximum atomic E-state index is 13.0. The number of carbonyl (C=O) groups excluding carboxylic acids is 1. The number of rotatable bonds is 1. The predicted octanol–water partition coefficient (Wildman–Crippen LogP) is 4.18. The molecule has 2 aromatic carbocycles. The van der Waals surface area contributed by atoms with Gasteiger partial charge in [0.2, 0.25) is 11.9 Å². The number of hydrogen-bond acceptors (Lipinski definition) is 7. The Kier molecular flexibility index (Phi) is 7.50. The van der Waals surface area contributed by atoms with Crippen LogP contribution in [0.5, 0.6) is 5.75 Å². The van der Waals surface area contributed by atoms with Crippen LogP contribution in [0.2, 0.25) is 0 Å². The van der Waals surface area contributed by atoms with Gasteiger partial charge in [0.1, 0.15) is 5.75 Å². The molecule has 188 valence electrons. The molecule has 3 heterocycles. The maximum absolute atomic E-state index is 13.0. The molecule has 0 saturated carbocycles. The summed E-state index contributed by atoms with van der Waals surface area (Å²) in [6.07, 6.45) is 3.67. The van der Waals surface area contributed by atoms with Crippen molar-refractivity contribution < 1.29 is 9.53 Å². The van der Waals surface area contributed by atoms with Gasteiger partial charge in [-0.2, -0.15) is 0 Å². The summed E-state index contributed by atoms with van der Waals surface area (Å²) >= 11 is 3.64. The first-order valence-electron chi connectivity index (χ1n) is 12.3. The van der Waals surface area contributed by atoms with E-state index in [1.807, 2.05) is 24.3 Å². The highest BCUT2D eigenvalue weighted by Crippen LogP contribution is 2.29. The number of amides is 1. The van der Waals surface area contributed by atoms with Crippen LogP contribution in [0.4, 0.5) is 11.6 Å². The minimum absolute atomic E-state index is 0.107. The van der Waals surface area contributed by atoms with E-state index in [1.54, 1.807) is 13.3 Å². The summed E-state index contributed by atoms with van der Waals surface area (Å²) in [5.74, 6) is 1.47. The average molecular weight is 551 g/mol. The van der Waals surface area contributed by atoms with E-state index in [9.17, 15) is 4.79 Å². The first kappa shape index (κ1) is 24.7. The van der Waals surface area contributed by atoms with Crippen LogP contribution < -0.4 is 15.4 Å². The number of methoxy groups -OCH3 is 1. The number of carbonyl (C=O) groups is 1. The zero-order valence-corrected chi connectivity index (χ0v) is 22.2. The van der Waals surface area contributed by atoms with Gasteiger partial charge in [-0.05, 0) is 74.5 Å². The number of nitrogens with zero attached hydrogens (tertiary/aromatic N) is 4. The van der Waals surface area contributed by atoms with Crippen molar-refractivity contribution in [3.63, 3.8) is 0 Å². The smallest absolute Gasteiger partial charge is 0.237 e. The van der Waals surface area contributed by atoms with Crippen LogP contribution in [-0.2, 0) is 17.9 Å². The van der Waals surface area contributed by atoms with E-state index in [-0.39, 0.29) is 11.9 Å². The van der Waals surface area contributed by atoms with E-state index in [0.29, 0.717) is 25.6 Å². The number of ether oxygens (including phenoxy) is 1. The number of benzene rings is 2. The number of likely N-dealkylation sites (N-methyl/N-ethyl adjacent to an activating group) is 1. The van der Waals surface area contributed by atoms with Crippen LogP contribution in [0.25, 0.3) is 11.3 Å². The number of hydrogen-bond donors (Lipinski definition) is 2. The summed E-state index contributed by atoms with van der Waals surface area (Å²) in [7, 11) is 3.74. The Balaban J connectivity index is 1.52. The summed E-state index contributed by atoms with van der Waals surface area (Å²) in [5, 5.41) is 6.53. The lowest BCUT2D eigenvalue weighted by atomic mass is 10.1. The molecule has 2 N–H and O–H groups in total. The van der Waals surface area contributed by atoms with Gasteiger partial charge in [-0.3, -0.25) is 9.69 Å². The van der Waals surface area contributed by atoms with Crippen LogP contribution in [0, 0.1) is 0 Å². The van der Waals surface area contributed by atoms with Gasteiger partial charge in [-0.25, -0.2) is 9.97 Å². The van der Waals surface area contributed by atoms with Crippen LogP contribution >= 0.6 is 15.9 Å². The zero-order valence-electron chi connectivity index (χ0n) is 20.6. The molecular weight excluding hydrogens is 520 g/mol. The molecule has 3 aromatic rings. The second-order valence-corrected chi connectivity index (χ2v) is 10.3. The second-order valence-electron chi connectivity index (χ2n) is 9.42. The highest BCUT2D eigenvalue weighted by Gasteiger charge is 2.30. The Labute approximate surface area is 220 Å². The molecule has 0 unspecified atom stereocenters. The molecule has 1 atom stereocenters. The van der Waals surface area contributed by atoms with Gasteiger partial charge in [0.15, 0.2) is 0 Å². The number of aromatic nitrogens is 2. The van der Waals surface area contributed by atoms with Crippen molar-refractivity contribution in [1.82, 2.24) is 25.1 Å². The van der Waals surface area contributed by atoms with E-state index >= 15 is 0 Å². The van der Waals surface area contributed by atoms with Gasteiger partial charge in [0, 0.05) is 53.7 Å². The van der Waals surface area contributed by atoms with E-state index in [1.165, 1.54) is 0 Å². The van der Waals surface area contributed by atoms with Crippen molar-refractivity contribution >= 4 is 33.5 Å². The molecular formula is C27H31BrN6O2. The molecule has 1 saturated heterocycles. The van der Waals surface area contributed by atoms with E-state index < -0.39 is 0 Å². The number of fused-ring (bicyclic) bond motifs is 8. The fourth-order valence-corrected chi connectivity index (χ4v) is 5.53. The van der Waals surface area contributed by atoms with Gasteiger partial charge in [0.25, 0.3) is 0 Å². The van der Waals surface area contributed by atoms with Crippen molar-refractivity contribution in [2.45, 2.75) is 32.0 Å². The Morgan fingerprint density at radius 3 is 2.86 bits per heavy atom. The van der Waals surface area contributed by atoms with Gasteiger partial charge < -0.3 is 20.3 Å². The highest BCUT2D eigenvalue weighted by molar-refractivity contribution is 9.10. The minimum Gasteiger partial charge on any atom is -0.496 e. The van der Waals surface area contributed by atoms with Gasteiger partial charge >= 0.3 is 0 Å². The molecule has 36 heavy (non-hydrogen) atoms. The Bertz CT molecular complexity index is 1250. The molecule has 8 nitrogen and oxygen atoms in total. The van der Waals surface area contributed by atoms with E-state index in [4.69, 9.17) is 9.72 Å². The van der Waals surface area contributed by atoms with E-state index in [0.717, 1.165) is 64.2 Å². The third kappa shape index (κ3) is 5.69. The second kappa shape index (κ2) is 10.9. The molecule has 1 aromatic heterocycles. The van der Waals surface area contributed by atoms with Crippen LogP contribution in [0.15, 0.2) is 53.1 Å². The topological polar surface area (TPSA) is 82.6 Å². The molecule has 6 bridgehead atoms. The van der Waals surface area contributed by atoms with Gasteiger partial charge in [-0.15, -0.1) is 0 Å². The maximum Gasteiger partial charge on any atom is 0.237 e. The lowest BCUT2D eigenvalue weighted by Crippen LogP contribution is -2.44. The monoisotopic (exact) mass is 550 g/mol. The van der Waals surface area contributed by atoms with Gasteiger partial charge in [-0.1, -0.05) is 15.9 Å². The molecule has 1 fully saturated rings.